The van der Waals surface area contributed by atoms with Crippen LogP contribution in [0.5, 0.6) is 0 Å². The van der Waals surface area contributed by atoms with Crippen LogP contribution in [0.4, 0.5) is 8.78 Å². The van der Waals surface area contributed by atoms with Gasteiger partial charge in [0.15, 0.2) is 0 Å². The Hall–Kier alpha value is -1.49. The summed E-state index contributed by atoms with van der Waals surface area (Å²) in [5, 5.41) is 10.8. The van der Waals surface area contributed by atoms with E-state index in [0.717, 1.165) is 12.0 Å². The van der Waals surface area contributed by atoms with E-state index in [9.17, 15) is 13.6 Å². The Labute approximate surface area is 118 Å². The predicted molar refractivity (Wildman–Crippen MR) is 73.7 cm³/mol. The number of hydrogen-bond acceptors (Lipinski definition) is 2. The molecule has 1 aromatic carbocycles. The second-order valence-electron chi connectivity index (χ2n) is 5.01. The summed E-state index contributed by atoms with van der Waals surface area (Å²) in [6.07, 6.45) is 0.767. The Morgan fingerprint density at radius 2 is 1.95 bits per heavy atom. The zero-order valence-electron chi connectivity index (χ0n) is 11.8. The third-order valence-electron chi connectivity index (χ3n) is 3.41. The first-order valence-corrected chi connectivity index (χ1v) is 6.72. The third kappa shape index (κ3) is 4.56. The van der Waals surface area contributed by atoms with Gasteiger partial charge in [0.1, 0.15) is 6.61 Å². The fourth-order valence-corrected chi connectivity index (χ4v) is 2.02. The average molecular weight is 285 g/mol. The number of aliphatic hydroxyl groups excluding tert-OH is 1. The molecule has 0 saturated heterocycles. The third-order valence-corrected chi connectivity index (χ3v) is 3.41. The first-order valence-electron chi connectivity index (χ1n) is 6.72. The zero-order chi connectivity index (χ0) is 15.2. The van der Waals surface area contributed by atoms with Gasteiger partial charge in [0.2, 0.25) is 5.91 Å². The van der Waals surface area contributed by atoms with E-state index >= 15 is 0 Å². The summed E-state index contributed by atoms with van der Waals surface area (Å²) >= 11 is 0. The first kappa shape index (κ1) is 16.6. The highest BCUT2D eigenvalue weighted by Gasteiger charge is 2.31. The number of hydrogen-bond donors (Lipinski definition) is 2. The monoisotopic (exact) mass is 285 g/mol. The molecule has 0 heterocycles. The van der Waals surface area contributed by atoms with Gasteiger partial charge >= 0.3 is 0 Å². The smallest absolute Gasteiger partial charge is 0.287 e. The Kier molecular flexibility index (Phi) is 6.07. The molecule has 0 aliphatic rings. The van der Waals surface area contributed by atoms with E-state index in [4.69, 9.17) is 5.11 Å². The Morgan fingerprint density at radius 1 is 1.35 bits per heavy atom. The van der Waals surface area contributed by atoms with Crippen LogP contribution in [0.2, 0.25) is 0 Å². The molecule has 0 bridgehead atoms. The second kappa shape index (κ2) is 7.33. The quantitative estimate of drug-likeness (QED) is 0.809. The Balaban J connectivity index is 2.82. The minimum Gasteiger partial charge on any atom is -0.390 e. The van der Waals surface area contributed by atoms with Crippen LogP contribution in [0, 0.1) is 5.92 Å². The molecule has 3 nitrogen and oxygen atoms in total. The van der Waals surface area contributed by atoms with Crippen LogP contribution in [-0.4, -0.2) is 30.1 Å². The highest BCUT2D eigenvalue weighted by atomic mass is 19.3. The van der Waals surface area contributed by atoms with Crippen molar-refractivity contribution in [1.82, 2.24) is 5.32 Å². The van der Waals surface area contributed by atoms with Crippen molar-refractivity contribution in [2.24, 2.45) is 5.92 Å². The first-order chi connectivity index (χ1) is 9.41. The summed E-state index contributed by atoms with van der Waals surface area (Å²) in [5.74, 6) is -4.14. The van der Waals surface area contributed by atoms with Crippen LogP contribution in [0.25, 0.3) is 0 Å². The minimum absolute atomic E-state index is 0.0418. The molecular weight excluding hydrogens is 264 g/mol. The van der Waals surface area contributed by atoms with E-state index in [-0.39, 0.29) is 5.92 Å². The van der Waals surface area contributed by atoms with E-state index in [2.05, 4.69) is 5.32 Å². The Morgan fingerprint density at radius 3 is 2.45 bits per heavy atom. The van der Waals surface area contributed by atoms with Crippen molar-refractivity contribution in [3.05, 3.63) is 35.9 Å². The van der Waals surface area contributed by atoms with Gasteiger partial charge in [-0.25, -0.2) is 8.78 Å². The van der Waals surface area contributed by atoms with Gasteiger partial charge in [-0.05, 0) is 11.5 Å². The lowest BCUT2D eigenvalue weighted by molar-refractivity contribution is -0.126. The second-order valence-corrected chi connectivity index (χ2v) is 5.01. The number of carbonyl (C=O) groups is 1. The maximum Gasteiger partial charge on any atom is 0.287 e. The van der Waals surface area contributed by atoms with Gasteiger partial charge in [-0.2, -0.15) is 0 Å². The fraction of sp³-hybridized carbons (Fsp3) is 0.533. The van der Waals surface area contributed by atoms with Crippen LogP contribution in [0.15, 0.2) is 30.3 Å². The van der Waals surface area contributed by atoms with Gasteiger partial charge in [-0.3, -0.25) is 4.79 Å². The van der Waals surface area contributed by atoms with Gasteiger partial charge in [0, 0.05) is 0 Å². The van der Waals surface area contributed by atoms with Crippen molar-refractivity contribution in [2.45, 2.75) is 32.1 Å². The number of nitrogens with one attached hydrogen (secondary N) is 1. The summed E-state index contributed by atoms with van der Waals surface area (Å²) in [7, 11) is 0. The topological polar surface area (TPSA) is 49.3 Å². The van der Waals surface area contributed by atoms with Crippen LogP contribution in [0.3, 0.4) is 0 Å². The molecule has 0 fully saturated rings. The number of alkyl halides is 2. The van der Waals surface area contributed by atoms with Gasteiger partial charge in [-0.15, -0.1) is 0 Å². The number of benzene rings is 1. The van der Waals surface area contributed by atoms with E-state index in [1.54, 1.807) is 0 Å². The molecule has 0 radical (unpaired) electrons. The number of halogens is 2. The van der Waals surface area contributed by atoms with Crippen LogP contribution >= 0.6 is 0 Å². The van der Waals surface area contributed by atoms with Crippen LogP contribution in [0.1, 0.15) is 31.7 Å². The summed E-state index contributed by atoms with van der Waals surface area (Å²) in [5.41, 5.74) is 0.812. The molecule has 112 valence electrons. The summed E-state index contributed by atoms with van der Waals surface area (Å²) in [4.78, 5) is 12.2. The number of amides is 1. The van der Waals surface area contributed by atoms with Crippen molar-refractivity contribution < 1.29 is 18.7 Å². The Bertz CT molecular complexity index is 423. The number of carbonyl (C=O) groups excluding carboxylic acids is 1. The van der Waals surface area contributed by atoms with E-state index < -0.39 is 30.9 Å². The molecule has 1 rings (SSSR count). The SMILES string of the molecule is CCC(C)C(C(=O)NCC(F)(F)CO)c1ccccc1. The molecule has 0 saturated carbocycles. The van der Waals surface area contributed by atoms with Gasteiger partial charge in [-0.1, -0.05) is 50.6 Å². The number of aliphatic hydroxyl groups is 1. The summed E-state index contributed by atoms with van der Waals surface area (Å²) in [6, 6.07) is 9.12. The number of rotatable bonds is 7. The standard InChI is InChI=1S/C15H21F2NO2/c1-3-11(2)13(12-7-5-4-6-8-12)14(20)18-9-15(16,17)10-19/h4-8,11,13,19H,3,9-10H2,1-2H3,(H,18,20). The summed E-state index contributed by atoms with van der Waals surface area (Å²) in [6.45, 7) is 1.76. The zero-order valence-corrected chi connectivity index (χ0v) is 11.8. The van der Waals surface area contributed by atoms with Gasteiger partial charge < -0.3 is 10.4 Å². The predicted octanol–water partition coefficient (Wildman–Crippen LogP) is 2.56. The van der Waals surface area contributed by atoms with Crippen molar-refractivity contribution in [1.29, 1.82) is 0 Å². The fourth-order valence-electron chi connectivity index (χ4n) is 2.02. The van der Waals surface area contributed by atoms with E-state index in [0.29, 0.717) is 0 Å². The van der Waals surface area contributed by atoms with Crippen molar-refractivity contribution in [3.63, 3.8) is 0 Å². The normalized spacial score (nSPS) is 14.7. The molecule has 0 aliphatic heterocycles. The molecule has 20 heavy (non-hydrogen) atoms. The highest BCUT2D eigenvalue weighted by molar-refractivity contribution is 5.84. The molecule has 0 aromatic heterocycles. The molecular formula is C15H21F2NO2. The maximum absolute atomic E-state index is 13.0. The molecule has 2 unspecified atom stereocenters. The van der Waals surface area contributed by atoms with Crippen molar-refractivity contribution in [3.8, 4) is 0 Å². The molecule has 2 atom stereocenters. The maximum atomic E-state index is 13.0. The molecule has 2 N–H and O–H groups in total. The van der Waals surface area contributed by atoms with Gasteiger partial charge in [0.05, 0.1) is 12.5 Å². The lowest BCUT2D eigenvalue weighted by atomic mass is 9.85. The minimum atomic E-state index is -3.29. The van der Waals surface area contributed by atoms with Crippen molar-refractivity contribution in [2.75, 3.05) is 13.2 Å². The van der Waals surface area contributed by atoms with E-state index in [1.807, 2.05) is 44.2 Å². The van der Waals surface area contributed by atoms with Crippen molar-refractivity contribution >= 4 is 5.91 Å². The van der Waals surface area contributed by atoms with Crippen LogP contribution in [-0.2, 0) is 4.79 Å². The largest absolute Gasteiger partial charge is 0.390 e. The van der Waals surface area contributed by atoms with Crippen LogP contribution < -0.4 is 5.32 Å². The van der Waals surface area contributed by atoms with E-state index in [1.165, 1.54) is 0 Å². The lowest BCUT2D eigenvalue weighted by Gasteiger charge is -2.24. The van der Waals surface area contributed by atoms with Gasteiger partial charge in [0.25, 0.3) is 5.92 Å². The highest BCUT2D eigenvalue weighted by Crippen LogP contribution is 2.27. The molecule has 0 aliphatic carbocycles. The molecule has 0 spiro atoms. The lowest BCUT2D eigenvalue weighted by Crippen LogP contribution is -2.42. The molecule has 1 aromatic rings. The summed E-state index contributed by atoms with van der Waals surface area (Å²) < 4.78 is 26.0. The molecule has 1 amide bonds. The molecule has 5 heteroatoms. The average Bonchev–Trinajstić information content (AvgIpc) is 2.46.